The van der Waals surface area contributed by atoms with Gasteiger partial charge in [0.15, 0.2) is 11.5 Å². The van der Waals surface area contributed by atoms with Crippen molar-refractivity contribution < 1.29 is 22.7 Å². The molecule has 0 radical (unpaired) electrons. The summed E-state index contributed by atoms with van der Waals surface area (Å²) in [5.41, 5.74) is 3.70. The van der Waals surface area contributed by atoms with E-state index in [0.29, 0.717) is 63.6 Å². The predicted molar refractivity (Wildman–Crippen MR) is 194 cm³/mol. The van der Waals surface area contributed by atoms with E-state index in [2.05, 4.69) is 13.8 Å². The molecule has 12 heteroatoms. The fraction of sp³-hybridized carbons (Fsp3) is 0.306. The molecule has 9 nitrogen and oxygen atoms in total. The number of hydrogen-bond acceptors (Lipinski definition) is 8. The van der Waals surface area contributed by atoms with Gasteiger partial charge in [-0.2, -0.15) is 9.40 Å². The fourth-order valence-corrected chi connectivity index (χ4v) is 9.32. The zero-order valence-electron chi connectivity index (χ0n) is 27.3. The van der Waals surface area contributed by atoms with Crippen LogP contribution < -0.4 is 9.47 Å². The molecule has 3 aromatic carbocycles. The van der Waals surface area contributed by atoms with Gasteiger partial charge in [-0.05, 0) is 72.7 Å². The number of carbonyl (C=O) groups is 1. The number of carbonyl (C=O) groups excluding carboxylic acids is 1. The molecule has 2 aliphatic rings. The van der Waals surface area contributed by atoms with E-state index in [1.165, 1.54) is 11.8 Å². The molecule has 3 heterocycles. The number of methoxy groups -OCH3 is 2. The summed E-state index contributed by atoms with van der Waals surface area (Å²) < 4.78 is 42.2. The number of piperidine rings is 1. The van der Waals surface area contributed by atoms with Crippen molar-refractivity contribution in [2.75, 3.05) is 33.9 Å². The van der Waals surface area contributed by atoms with Crippen LogP contribution in [0.4, 0.5) is 0 Å². The molecule has 0 bridgehead atoms. The van der Waals surface area contributed by atoms with Crippen LogP contribution in [-0.4, -0.2) is 71.5 Å². The number of thiocarbonyl (C=S) groups is 1. The predicted octanol–water partition coefficient (Wildman–Crippen LogP) is 6.67. The van der Waals surface area contributed by atoms with Gasteiger partial charge in [0.05, 0.1) is 29.7 Å². The van der Waals surface area contributed by atoms with Crippen molar-refractivity contribution in [1.29, 1.82) is 0 Å². The van der Waals surface area contributed by atoms with E-state index in [0.717, 1.165) is 17.7 Å². The molecule has 0 spiro atoms. The summed E-state index contributed by atoms with van der Waals surface area (Å²) in [6, 6.07) is 22.3. The first kappa shape index (κ1) is 33.9. The van der Waals surface area contributed by atoms with Gasteiger partial charge in [-0.3, -0.25) is 9.69 Å². The number of aromatic nitrogens is 2. The van der Waals surface area contributed by atoms with Gasteiger partial charge in [0.1, 0.15) is 10.0 Å². The molecule has 6 rings (SSSR count). The van der Waals surface area contributed by atoms with Crippen molar-refractivity contribution in [2.24, 2.45) is 11.8 Å². The van der Waals surface area contributed by atoms with Crippen LogP contribution in [0, 0.1) is 11.8 Å². The molecule has 4 aromatic rings. The largest absolute Gasteiger partial charge is 0.493 e. The second-order valence-electron chi connectivity index (χ2n) is 12.3. The fourth-order valence-electron chi connectivity index (χ4n) is 6.30. The van der Waals surface area contributed by atoms with Crippen LogP contribution in [0.1, 0.15) is 31.4 Å². The standard InChI is InChI=1S/C36H38N4O5S3/c1-24-17-25(2)22-38(21-24)48(42,43)30-12-8-9-27(19-30)34-28(23-40(37-34)29-10-6-5-7-11-29)20-33-35(41)39(36(46)47-33)16-15-26-13-14-31(44-3)32(18-26)45-4/h5-14,18-20,23-25H,15-17,21-22H2,1-4H3. The summed E-state index contributed by atoms with van der Waals surface area (Å²) >= 11 is 6.90. The Morgan fingerprint density at radius 1 is 0.958 bits per heavy atom. The molecule has 2 fully saturated rings. The van der Waals surface area contributed by atoms with Gasteiger partial charge in [-0.15, -0.1) is 0 Å². The number of nitrogens with zero attached hydrogens (tertiary/aromatic N) is 4. The highest BCUT2D eigenvalue weighted by Crippen LogP contribution is 2.36. The number of rotatable bonds is 10. The molecular weight excluding hydrogens is 665 g/mol. The maximum atomic E-state index is 13.8. The van der Waals surface area contributed by atoms with Crippen LogP contribution in [-0.2, 0) is 21.2 Å². The molecule has 0 saturated carbocycles. The van der Waals surface area contributed by atoms with Crippen molar-refractivity contribution >= 4 is 50.3 Å². The molecule has 1 aromatic heterocycles. The number of thioether (sulfide) groups is 1. The Balaban J connectivity index is 1.31. The van der Waals surface area contributed by atoms with Gasteiger partial charge < -0.3 is 9.47 Å². The van der Waals surface area contributed by atoms with Crippen molar-refractivity contribution in [1.82, 2.24) is 19.0 Å². The molecule has 2 aliphatic heterocycles. The first-order chi connectivity index (χ1) is 23.1. The lowest BCUT2D eigenvalue weighted by atomic mass is 9.94. The Bertz CT molecular complexity index is 1970. The lowest BCUT2D eigenvalue weighted by Gasteiger charge is -2.34. The lowest BCUT2D eigenvalue weighted by molar-refractivity contribution is -0.122. The summed E-state index contributed by atoms with van der Waals surface area (Å²) in [6.07, 6.45) is 5.24. The number of benzene rings is 3. The Kier molecular flexibility index (Phi) is 10.1. The smallest absolute Gasteiger partial charge is 0.266 e. The van der Waals surface area contributed by atoms with Crippen LogP contribution in [0.2, 0.25) is 0 Å². The summed E-state index contributed by atoms with van der Waals surface area (Å²) in [6.45, 7) is 5.59. The molecule has 2 unspecified atom stereocenters. The summed E-state index contributed by atoms with van der Waals surface area (Å²) in [5, 5.41) is 4.90. The Morgan fingerprint density at radius 3 is 2.40 bits per heavy atom. The second-order valence-corrected chi connectivity index (χ2v) is 15.9. The van der Waals surface area contributed by atoms with E-state index < -0.39 is 10.0 Å². The second kappa shape index (κ2) is 14.3. The number of ether oxygens (including phenoxy) is 2. The molecular formula is C36H38N4O5S3. The normalized spacial score (nSPS) is 19.7. The SMILES string of the molecule is COc1ccc(CCN2C(=O)C(=Cc3cn(-c4ccccc4)nc3-c3cccc(S(=O)(=O)N4CC(C)CC(C)C4)c3)SC2=S)cc1OC. The van der Waals surface area contributed by atoms with Gasteiger partial charge in [-0.25, -0.2) is 13.1 Å². The van der Waals surface area contributed by atoms with E-state index in [4.69, 9.17) is 26.8 Å². The van der Waals surface area contributed by atoms with Gasteiger partial charge in [0.2, 0.25) is 10.0 Å². The molecule has 2 atom stereocenters. The number of amides is 1. The highest BCUT2D eigenvalue weighted by molar-refractivity contribution is 8.26. The maximum Gasteiger partial charge on any atom is 0.266 e. The topological polar surface area (TPSA) is 94.0 Å². The minimum Gasteiger partial charge on any atom is -0.493 e. The highest BCUT2D eigenvalue weighted by Gasteiger charge is 2.34. The molecule has 48 heavy (non-hydrogen) atoms. The van der Waals surface area contributed by atoms with Crippen molar-refractivity contribution in [3.05, 3.63) is 95.0 Å². The Labute approximate surface area is 291 Å². The van der Waals surface area contributed by atoms with Crippen LogP contribution >= 0.6 is 24.0 Å². The van der Waals surface area contributed by atoms with Gasteiger partial charge in [0.25, 0.3) is 5.91 Å². The average molecular weight is 703 g/mol. The minimum absolute atomic E-state index is 0.187. The van der Waals surface area contributed by atoms with Crippen molar-refractivity contribution in [3.63, 3.8) is 0 Å². The maximum absolute atomic E-state index is 13.8. The van der Waals surface area contributed by atoms with E-state index in [-0.39, 0.29) is 22.6 Å². The zero-order chi connectivity index (χ0) is 34.0. The molecule has 0 N–H and O–H groups in total. The van der Waals surface area contributed by atoms with Gasteiger partial charge >= 0.3 is 0 Å². The zero-order valence-corrected chi connectivity index (χ0v) is 29.8. The number of hydrogen-bond donors (Lipinski definition) is 0. The Morgan fingerprint density at radius 2 is 1.69 bits per heavy atom. The minimum atomic E-state index is -3.71. The third-order valence-electron chi connectivity index (χ3n) is 8.58. The first-order valence-corrected chi connectivity index (χ1v) is 18.5. The van der Waals surface area contributed by atoms with Gasteiger partial charge in [0, 0.05) is 37.0 Å². The monoisotopic (exact) mass is 702 g/mol. The summed E-state index contributed by atoms with van der Waals surface area (Å²) in [5.74, 6) is 1.66. The van der Waals surface area contributed by atoms with Crippen molar-refractivity contribution in [3.8, 4) is 28.4 Å². The summed E-state index contributed by atoms with van der Waals surface area (Å²) in [4.78, 5) is 16.0. The van der Waals surface area contributed by atoms with Crippen LogP contribution in [0.15, 0.2) is 88.8 Å². The lowest BCUT2D eigenvalue weighted by Crippen LogP contribution is -2.42. The molecule has 0 aliphatic carbocycles. The molecule has 2 saturated heterocycles. The van der Waals surface area contributed by atoms with E-state index >= 15 is 0 Å². The molecule has 250 valence electrons. The number of sulfonamides is 1. The third kappa shape index (κ3) is 7.07. The summed E-state index contributed by atoms with van der Waals surface area (Å²) in [7, 11) is -0.532. The van der Waals surface area contributed by atoms with Gasteiger partial charge in [-0.1, -0.05) is 74.2 Å². The highest BCUT2D eigenvalue weighted by atomic mass is 32.2. The molecule has 1 amide bonds. The van der Waals surface area contributed by atoms with Crippen LogP contribution in [0.5, 0.6) is 11.5 Å². The van der Waals surface area contributed by atoms with E-state index in [9.17, 15) is 13.2 Å². The average Bonchev–Trinajstić information content (AvgIpc) is 3.63. The van der Waals surface area contributed by atoms with Crippen molar-refractivity contribution in [2.45, 2.75) is 31.6 Å². The number of para-hydroxylation sites is 1. The van der Waals surface area contributed by atoms with E-state index in [1.807, 2.05) is 60.8 Å². The van der Waals surface area contributed by atoms with E-state index in [1.54, 1.807) is 52.4 Å². The third-order valence-corrected chi connectivity index (χ3v) is 11.8. The first-order valence-electron chi connectivity index (χ1n) is 15.8. The quantitative estimate of drug-likeness (QED) is 0.134. The Hall–Kier alpha value is -3.97. The van der Waals surface area contributed by atoms with Crippen LogP contribution in [0.25, 0.3) is 23.0 Å². The van der Waals surface area contributed by atoms with Crippen LogP contribution in [0.3, 0.4) is 0 Å².